The predicted octanol–water partition coefficient (Wildman–Crippen LogP) is 2.85. The van der Waals surface area contributed by atoms with E-state index in [4.69, 9.17) is 5.11 Å². The number of amides is 1. The summed E-state index contributed by atoms with van der Waals surface area (Å²) in [7, 11) is 0. The third kappa shape index (κ3) is 2.52. The lowest BCUT2D eigenvalue weighted by molar-refractivity contribution is 0.0658. The molecule has 0 radical (unpaired) electrons. The van der Waals surface area contributed by atoms with E-state index in [1.807, 2.05) is 4.90 Å². The molecule has 5 heteroatoms. The minimum atomic E-state index is -0.961. The Hall–Kier alpha value is -1.36. The van der Waals surface area contributed by atoms with E-state index in [-0.39, 0.29) is 16.8 Å². The molecule has 0 bridgehead atoms. The van der Waals surface area contributed by atoms with Gasteiger partial charge < -0.3 is 10.0 Å². The summed E-state index contributed by atoms with van der Waals surface area (Å²) < 4.78 is 0. The van der Waals surface area contributed by atoms with Gasteiger partial charge in [0.15, 0.2) is 0 Å². The van der Waals surface area contributed by atoms with Crippen LogP contribution >= 0.6 is 11.3 Å². The number of rotatable bonds is 5. The Morgan fingerprint density at radius 3 is 2.37 bits per heavy atom. The van der Waals surface area contributed by atoms with Crippen molar-refractivity contribution in [3.63, 3.8) is 0 Å². The number of thiophene rings is 1. The zero-order valence-corrected chi connectivity index (χ0v) is 11.7. The van der Waals surface area contributed by atoms with Crippen molar-refractivity contribution < 1.29 is 14.7 Å². The second-order valence-electron chi connectivity index (χ2n) is 5.49. The Labute approximate surface area is 116 Å². The molecule has 3 rings (SSSR count). The molecule has 2 aliphatic rings. The lowest BCUT2D eigenvalue weighted by atomic mass is 10.1. The highest BCUT2D eigenvalue weighted by Gasteiger charge is 2.42. The molecule has 19 heavy (non-hydrogen) atoms. The highest BCUT2D eigenvalue weighted by atomic mass is 32.1. The van der Waals surface area contributed by atoms with E-state index in [2.05, 4.69) is 6.92 Å². The molecule has 0 aromatic carbocycles. The second-order valence-corrected chi connectivity index (χ2v) is 6.57. The molecule has 4 nitrogen and oxygen atoms in total. The molecule has 2 aliphatic carbocycles. The molecule has 102 valence electrons. The SMILES string of the molecule is CC(C1CC1)N(C(=O)c1ccc(C(=O)O)s1)C1CC1. The third-order valence-electron chi connectivity index (χ3n) is 3.95. The van der Waals surface area contributed by atoms with E-state index in [1.54, 1.807) is 6.07 Å². The Kier molecular flexibility index (Phi) is 3.09. The molecule has 1 amide bonds. The van der Waals surface area contributed by atoms with E-state index in [0.29, 0.717) is 16.8 Å². The minimum absolute atomic E-state index is 0.0133. The van der Waals surface area contributed by atoms with Crippen LogP contribution in [0, 0.1) is 5.92 Å². The second kappa shape index (κ2) is 4.63. The molecule has 1 aromatic heterocycles. The normalized spacial score (nSPS) is 20.1. The summed E-state index contributed by atoms with van der Waals surface area (Å²) in [4.78, 5) is 26.3. The summed E-state index contributed by atoms with van der Waals surface area (Å²) in [5, 5.41) is 8.93. The van der Waals surface area contributed by atoms with Crippen LogP contribution in [-0.2, 0) is 0 Å². The average molecular weight is 279 g/mol. The van der Waals surface area contributed by atoms with Crippen LogP contribution in [0.3, 0.4) is 0 Å². The Morgan fingerprint density at radius 1 is 1.26 bits per heavy atom. The van der Waals surface area contributed by atoms with Crippen molar-refractivity contribution in [3.8, 4) is 0 Å². The Morgan fingerprint density at radius 2 is 1.89 bits per heavy atom. The first-order valence-corrected chi connectivity index (χ1v) is 7.55. The van der Waals surface area contributed by atoms with Crippen molar-refractivity contribution in [1.82, 2.24) is 4.90 Å². The van der Waals surface area contributed by atoms with Gasteiger partial charge in [0.25, 0.3) is 5.91 Å². The van der Waals surface area contributed by atoms with Crippen molar-refractivity contribution in [2.45, 2.75) is 44.7 Å². The molecule has 1 aromatic rings. The number of carboxylic acid groups (broad SMARTS) is 1. The smallest absolute Gasteiger partial charge is 0.345 e. The lowest BCUT2D eigenvalue weighted by Gasteiger charge is -2.29. The molecular formula is C14H17NO3S. The van der Waals surface area contributed by atoms with E-state index >= 15 is 0 Å². The molecule has 0 aliphatic heterocycles. The van der Waals surface area contributed by atoms with Crippen LogP contribution < -0.4 is 0 Å². The zero-order chi connectivity index (χ0) is 13.6. The fraction of sp³-hybridized carbons (Fsp3) is 0.571. The van der Waals surface area contributed by atoms with Crippen molar-refractivity contribution in [3.05, 3.63) is 21.9 Å². The number of carbonyl (C=O) groups excluding carboxylic acids is 1. The van der Waals surface area contributed by atoms with Gasteiger partial charge in [0.2, 0.25) is 0 Å². The molecule has 0 spiro atoms. The van der Waals surface area contributed by atoms with Gasteiger partial charge in [-0.05, 0) is 50.7 Å². The summed E-state index contributed by atoms with van der Waals surface area (Å²) in [6.07, 6.45) is 4.59. The van der Waals surface area contributed by atoms with E-state index in [0.717, 1.165) is 24.2 Å². The Balaban J connectivity index is 1.80. The number of hydrogen-bond donors (Lipinski definition) is 1. The summed E-state index contributed by atoms with van der Waals surface area (Å²) in [6, 6.07) is 3.83. The molecule has 1 atom stereocenters. The van der Waals surface area contributed by atoms with Crippen LogP contribution in [0.15, 0.2) is 12.1 Å². The number of carbonyl (C=O) groups is 2. The third-order valence-corrected chi connectivity index (χ3v) is 5.01. The quantitative estimate of drug-likeness (QED) is 0.901. The van der Waals surface area contributed by atoms with Crippen molar-refractivity contribution in [1.29, 1.82) is 0 Å². The first-order chi connectivity index (χ1) is 9.08. The number of nitrogens with zero attached hydrogens (tertiary/aromatic N) is 1. The summed E-state index contributed by atoms with van der Waals surface area (Å²) >= 11 is 1.08. The van der Waals surface area contributed by atoms with Crippen molar-refractivity contribution >= 4 is 23.2 Å². The van der Waals surface area contributed by atoms with Crippen LogP contribution in [0.5, 0.6) is 0 Å². The van der Waals surface area contributed by atoms with E-state index < -0.39 is 5.97 Å². The van der Waals surface area contributed by atoms with Gasteiger partial charge in [-0.1, -0.05) is 0 Å². The van der Waals surface area contributed by atoms with Crippen molar-refractivity contribution in [2.75, 3.05) is 0 Å². The first-order valence-electron chi connectivity index (χ1n) is 6.73. The van der Waals surface area contributed by atoms with E-state index in [1.165, 1.54) is 18.9 Å². The predicted molar refractivity (Wildman–Crippen MR) is 72.7 cm³/mol. The van der Waals surface area contributed by atoms with Gasteiger partial charge in [0.05, 0.1) is 4.88 Å². The molecule has 1 unspecified atom stereocenters. The van der Waals surface area contributed by atoms with E-state index in [9.17, 15) is 9.59 Å². The summed E-state index contributed by atoms with van der Waals surface area (Å²) in [5.74, 6) is -0.305. The van der Waals surface area contributed by atoms with Crippen LogP contribution in [0.1, 0.15) is 52.0 Å². The van der Waals surface area contributed by atoms with Gasteiger partial charge in [-0.15, -0.1) is 11.3 Å². The molecular weight excluding hydrogens is 262 g/mol. The van der Waals surface area contributed by atoms with Gasteiger partial charge in [-0.25, -0.2) is 4.79 Å². The first kappa shape index (κ1) is 12.7. The maximum atomic E-state index is 12.6. The fourth-order valence-corrected chi connectivity index (χ4v) is 3.33. The molecule has 1 N–H and O–H groups in total. The molecule has 0 saturated heterocycles. The average Bonchev–Trinajstić information content (AvgIpc) is 3.28. The number of aromatic carboxylic acids is 1. The highest BCUT2D eigenvalue weighted by Crippen LogP contribution is 2.40. The van der Waals surface area contributed by atoms with Crippen LogP contribution in [-0.4, -0.2) is 34.0 Å². The standard InChI is InChI=1S/C14H17NO3S/c1-8(9-2-3-9)15(10-4-5-10)13(16)11-6-7-12(19-11)14(17)18/h6-10H,2-5H2,1H3,(H,17,18). The van der Waals surface area contributed by atoms with Gasteiger partial charge in [0, 0.05) is 12.1 Å². The number of hydrogen-bond acceptors (Lipinski definition) is 3. The molecule has 1 heterocycles. The lowest BCUT2D eigenvalue weighted by Crippen LogP contribution is -2.41. The topological polar surface area (TPSA) is 57.6 Å². The molecule has 2 fully saturated rings. The molecule has 2 saturated carbocycles. The van der Waals surface area contributed by atoms with Crippen LogP contribution in [0.4, 0.5) is 0 Å². The Bertz CT molecular complexity index is 517. The summed E-state index contributed by atoms with van der Waals surface area (Å²) in [6.45, 7) is 2.12. The highest BCUT2D eigenvalue weighted by molar-refractivity contribution is 7.15. The van der Waals surface area contributed by atoms with Gasteiger partial charge in [-0.3, -0.25) is 4.79 Å². The minimum Gasteiger partial charge on any atom is -0.477 e. The van der Waals surface area contributed by atoms with Gasteiger partial charge in [0.1, 0.15) is 4.88 Å². The van der Waals surface area contributed by atoms with Crippen LogP contribution in [0.25, 0.3) is 0 Å². The van der Waals surface area contributed by atoms with Gasteiger partial charge >= 0.3 is 5.97 Å². The monoisotopic (exact) mass is 279 g/mol. The maximum absolute atomic E-state index is 12.6. The van der Waals surface area contributed by atoms with Crippen molar-refractivity contribution in [2.24, 2.45) is 5.92 Å². The van der Waals surface area contributed by atoms with Gasteiger partial charge in [-0.2, -0.15) is 0 Å². The largest absolute Gasteiger partial charge is 0.477 e. The van der Waals surface area contributed by atoms with Crippen LogP contribution in [0.2, 0.25) is 0 Å². The maximum Gasteiger partial charge on any atom is 0.345 e. The fourth-order valence-electron chi connectivity index (χ4n) is 2.54. The number of carboxylic acids is 1. The summed E-state index contributed by atoms with van der Waals surface area (Å²) in [5.41, 5.74) is 0. The zero-order valence-electron chi connectivity index (χ0n) is 10.8.